The van der Waals surface area contributed by atoms with Gasteiger partial charge in [-0.05, 0) is 45.8 Å². The second kappa shape index (κ2) is 9.80. The van der Waals surface area contributed by atoms with Crippen LogP contribution in [0.25, 0.3) is 0 Å². The quantitative estimate of drug-likeness (QED) is 0.283. The van der Waals surface area contributed by atoms with Gasteiger partial charge in [0.05, 0.1) is 38.5 Å². The third-order valence-electron chi connectivity index (χ3n) is 4.91. The van der Waals surface area contributed by atoms with E-state index in [1.807, 2.05) is 23.8 Å². The molecule has 0 atom stereocenters. The van der Waals surface area contributed by atoms with Crippen LogP contribution in [-0.4, -0.2) is 58.1 Å². The smallest absolute Gasteiger partial charge is 0.258 e. The first-order chi connectivity index (χ1) is 13.5. The summed E-state index contributed by atoms with van der Waals surface area (Å²) in [6.07, 6.45) is 0.816. The van der Waals surface area contributed by atoms with E-state index < -0.39 is 0 Å². The molecule has 0 fully saturated rings. The molecule has 0 radical (unpaired) electrons. The van der Waals surface area contributed by atoms with Crippen LogP contribution >= 0.6 is 15.9 Å². The fraction of sp³-hybridized carbons (Fsp3) is 0.333. The molecular weight excluding hydrogens is 553 g/mol. The fourth-order valence-corrected chi connectivity index (χ4v) is 4.11. The number of Topliss-reactive ketones (excluding diaryl/α,β-unsaturated/α-hetero) is 1. The van der Waals surface area contributed by atoms with Crippen LogP contribution in [0.3, 0.4) is 0 Å². The predicted octanol–water partition coefficient (Wildman–Crippen LogP) is 0.358. The Morgan fingerprint density at radius 2 is 1.59 bits per heavy atom. The van der Waals surface area contributed by atoms with Crippen LogP contribution in [0, 0.1) is 0 Å². The van der Waals surface area contributed by atoms with Crippen molar-refractivity contribution in [3.05, 3.63) is 45.4 Å². The van der Waals surface area contributed by atoms with E-state index in [9.17, 15) is 4.79 Å². The Labute approximate surface area is 195 Å². The molecular formula is C21H23BrINO5. The van der Waals surface area contributed by atoms with Gasteiger partial charge in [-0.25, -0.2) is 4.58 Å². The van der Waals surface area contributed by atoms with Crippen molar-refractivity contribution in [2.45, 2.75) is 6.42 Å². The van der Waals surface area contributed by atoms with E-state index in [-0.39, 0.29) is 29.8 Å². The summed E-state index contributed by atoms with van der Waals surface area (Å²) in [5, 5.41) is 0. The third kappa shape index (κ3) is 4.23. The van der Waals surface area contributed by atoms with E-state index in [0.29, 0.717) is 38.7 Å². The zero-order valence-corrected chi connectivity index (χ0v) is 20.7. The van der Waals surface area contributed by atoms with Crippen LogP contribution in [0.4, 0.5) is 0 Å². The molecule has 2 aromatic rings. The molecule has 0 saturated heterocycles. The molecule has 2 aromatic carbocycles. The Bertz CT molecular complexity index is 974. The van der Waals surface area contributed by atoms with Crippen molar-refractivity contribution >= 4 is 27.4 Å². The van der Waals surface area contributed by atoms with Crippen molar-refractivity contribution < 1.29 is 52.3 Å². The molecule has 0 bridgehead atoms. The molecule has 1 aliphatic heterocycles. The molecule has 0 N–H and O–H groups in total. The van der Waals surface area contributed by atoms with Crippen LogP contribution in [-0.2, 0) is 6.42 Å². The highest BCUT2D eigenvalue weighted by molar-refractivity contribution is 9.10. The first-order valence-corrected chi connectivity index (χ1v) is 9.54. The number of hydrogen-bond donors (Lipinski definition) is 0. The van der Waals surface area contributed by atoms with E-state index in [4.69, 9.17) is 18.9 Å². The van der Waals surface area contributed by atoms with Gasteiger partial charge in [-0.15, -0.1) is 0 Å². The van der Waals surface area contributed by atoms with Gasteiger partial charge >= 0.3 is 0 Å². The number of benzene rings is 2. The van der Waals surface area contributed by atoms with E-state index in [1.165, 1.54) is 0 Å². The lowest BCUT2D eigenvalue weighted by atomic mass is 9.91. The number of rotatable bonds is 6. The van der Waals surface area contributed by atoms with Crippen LogP contribution in [0.5, 0.6) is 23.0 Å². The maximum atomic E-state index is 13.5. The topological polar surface area (TPSA) is 57.0 Å². The Morgan fingerprint density at radius 1 is 0.966 bits per heavy atom. The Hall–Kier alpha value is -1.81. The standard InChI is InChI=1S/C21H23BrNO5.HI/c1-23-9-8-12-10-16(26-3)17(27-4)11-14(12)19(23)20(24)13-6-7-15(25-2)21(28-5)18(13)22;/h6-7,10-11H,8-9H2,1-5H3;1H/q+1;/p-1. The fourth-order valence-electron chi connectivity index (χ4n) is 3.44. The van der Waals surface area contributed by atoms with Crippen molar-refractivity contribution in [1.29, 1.82) is 0 Å². The maximum Gasteiger partial charge on any atom is 0.258 e. The second-order valence-electron chi connectivity index (χ2n) is 6.38. The number of methoxy groups -OCH3 is 4. The largest absolute Gasteiger partial charge is 1.00 e. The van der Waals surface area contributed by atoms with Crippen LogP contribution in [0.15, 0.2) is 28.7 Å². The molecule has 0 amide bonds. The number of likely N-dealkylation sites (N-methyl/N-ethyl adjacent to an activating group) is 1. The number of fused-ring (bicyclic) bond motifs is 1. The summed E-state index contributed by atoms with van der Waals surface area (Å²) in [7, 11) is 8.22. The monoisotopic (exact) mass is 575 g/mol. The summed E-state index contributed by atoms with van der Waals surface area (Å²) in [6, 6.07) is 7.28. The highest BCUT2D eigenvalue weighted by Gasteiger charge is 2.34. The van der Waals surface area contributed by atoms with Crippen molar-refractivity contribution in [3.8, 4) is 23.0 Å². The van der Waals surface area contributed by atoms with Crippen molar-refractivity contribution in [1.82, 2.24) is 0 Å². The molecule has 0 saturated carbocycles. The minimum absolute atomic E-state index is 0. The van der Waals surface area contributed by atoms with Crippen LogP contribution < -0.4 is 42.9 Å². The summed E-state index contributed by atoms with van der Waals surface area (Å²) >= 11 is 3.51. The lowest BCUT2D eigenvalue weighted by Crippen LogP contribution is -3.00. The summed E-state index contributed by atoms with van der Waals surface area (Å²) < 4.78 is 24.1. The molecule has 0 aromatic heterocycles. The van der Waals surface area contributed by atoms with Gasteiger partial charge in [-0.1, -0.05) is 0 Å². The Balaban J connectivity index is 0.00000300. The second-order valence-corrected chi connectivity index (χ2v) is 7.17. The number of ketones is 1. The van der Waals surface area contributed by atoms with Crippen molar-refractivity contribution in [2.24, 2.45) is 0 Å². The summed E-state index contributed by atoms with van der Waals surface area (Å²) in [4.78, 5) is 13.5. The third-order valence-corrected chi connectivity index (χ3v) is 5.69. The zero-order valence-electron chi connectivity index (χ0n) is 17.0. The van der Waals surface area contributed by atoms with E-state index in [0.717, 1.165) is 24.1 Å². The lowest BCUT2D eigenvalue weighted by Gasteiger charge is -2.19. The molecule has 3 rings (SSSR count). The first-order valence-electron chi connectivity index (χ1n) is 8.75. The number of hydrogen-bond acceptors (Lipinski definition) is 5. The molecule has 1 aliphatic rings. The van der Waals surface area contributed by atoms with Gasteiger partial charge in [-0.3, -0.25) is 4.79 Å². The molecule has 0 aliphatic carbocycles. The SMILES string of the molecule is COc1cc2c(cc1OC)C(C(=O)c1ccc(OC)c(OC)c1Br)=[N+](C)CC2.[I-]. The molecule has 6 nitrogen and oxygen atoms in total. The lowest BCUT2D eigenvalue weighted by molar-refractivity contribution is -0.496. The van der Waals surface area contributed by atoms with E-state index in [2.05, 4.69) is 15.9 Å². The average molecular weight is 576 g/mol. The number of carbonyl (C=O) groups excluding carboxylic acids is 1. The highest BCUT2D eigenvalue weighted by Crippen LogP contribution is 2.39. The van der Waals surface area contributed by atoms with Crippen LogP contribution in [0.2, 0.25) is 0 Å². The van der Waals surface area contributed by atoms with Crippen molar-refractivity contribution in [3.63, 3.8) is 0 Å². The predicted molar refractivity (Wildman–Crippen MR) is 110 cm³/mol. The number of nitrogens with zero attached hydrogens (tertiary/aromatic N) is 1. The molecule has 156 valence electrons. The summed E-state index contributed by atoms with van der Waals surface area (Å²) in [5.74, 6) is 2.18. The van der Waals surface area contributed by atoms with Gasteiger partial charge in [0, 0.05) is 12.0 Å². The number of carbonyl (C=O) groups is 1. The minimum Gasteiger partial charge on any atom is -1.00 e. The minimum atomic E-state index is -0.108. The molecule has 0 unspecified atom stereocenters. The zero-order chi connectivity index (χ0) is 20.4. The van der Waals surface area contributed by atoms with E-state index >= 15 is 0 Å². The molecule has 0 spiro atoms. The van der Waals surface area contributed by atoms with Crippen LogP contribution in [0.1, 0.15) is 21.5 Å². The normalized spacial score (nSPS) is 12.6. The Morgan fingerprint density at radius 3 is 2.17 bits per heavy atom. The van der Waals surface area contributed by atoms with Crippen molar-refractivity contribution in [2.75, 3.05) is 42.0 Å². The molecule has 29 heavy (non-hydrogen) atoms. The number of halogens is 2. The highest BCUT2D eigenvalue weighted by atomic mass is 127. The number of ether oxygens (including phenoxy) is 4. The van der Waals surface area contributed by atoms with Gasteiger partial charge in [-0.2, -0.15) is 0 Å². The average Bonchev–Trinajstić information content (AvgIpc) is 2.71. The van der Waals surface area contributed by atoms with Gasteiger partial charge in [0.2, 0.25) is 0 Å². The molecule has 1 heterocycles. The Kier molecular flexibility index (Phi) is 7.93. The summed E-state index contributed by atoms with van der Waals surface area (Å²) in [5.41, 5.74) is 3.01. The molecule has 8 heteroatoms. The summed E-state index contributed by atoms with van der Waals surface area (Å²) in [6.45, 7) is 0.731. The van der Waals surface area contributed by atoms with E-state index in [1.54, 1.807) is 40.6 Å². The first kappa shape index (κ1) is 23.5. The van der Waals surface area contributed by atoms with Gasteiger partial charge in [0.25, 0.3) is 11.5 Å². The maximum absolute atomic E-state index is 13.5. The van der Waals surface area contributed by atoms with Gasteiger partial charge < -0.3 is 42.9 Å². The van der Waals surface area contributed by atoms with Gasteiger partial charge in [0.15, 0.2) is 23.0 Å². The van der Waals surface area contributed by atoms with Gasteiger partial charge in [0.1, 0.15) is 13.6 Å².